The second-order valence-corrected chi connectivity index (χ2v) is 4.34. The van der Waals surface area contributed by atoms with Gasteiger partial charge in [-0.2, -0.15) is 0 Å². The number of halogens is 3. The third-order valence-electron chi connectivity index (χ3n) is 2.29. The van der Waals surface area contributed by atoms with Crippen molar-refractivity contribution in [3.05, 3.63) is 42.0 Å². The van der Waals surface area contributed by atoms with Crippen molar-refractivity contribution in [3.63, 3.8) is 0 Å². The number of benzene rings is 1. The van der Waals surface area contributed by atoms with E-state index in [1.165, 1.54) is 12.1 Å². The molecule has 0 fully saturated rings. The van der Waals surface area contributed by atoms with E-state index in [1.807, 2.05) is 6.92 Å². The van der Waals surface area contributed by atoms with Gasteiger partial charge in [0, 0.05) is 18.7 Å². The molecule has 112 valence electrons. The molecular formula is C14H18F3NO2. The molecule has 20 heavy (non-hydrogen) atoms. The molecule has 0 aliphatic carbocycles. The Kier molecular flexibility index (Phi) is 6.54. The van der Waals surface area contributed by atoms with E-state index in [1.54, 1.807) is 12.1 Å². The highest BCUT2D eigenvalue weighted by molar-refractivity contribution is 5.33. The molecule has 1 rings (SSSR count). The Morgan fingerprint density at radius 3 is 2.65 bits per heavy atom. The Hall–Kier alpha value is -1.53. The first-order valence-corrected chi connectivity index (χ1v) is 6.15. The number of alkyl halides is 3. The summed E-state index contributed by atoms with van der Waals surface area (Å²) in [5.41, 5.74) is 1.37. The summed E-state index contributed by atoms with van der Waals surface area (Å²) in [5, 5.41) is 3.00. The minimum absolute atomic E-state index is 0.185. The topological polar surface area (TPSA) is 30.5 Å². The van der Waals surface area contributed by atoms with Gasteiger partial charge in [-0.15, -0.1) is 13.2 Å². The zero-order chi connectivity index (χ0) is 15.0. The third kappa shape index (κ3) is 7.16. The van der Waals surface area contributed by atoms with Crippen molar-refractivity contribution in [3.8, 4) is 5.75 Å². The molecule has 0 aromatic heterocycles. The van der Waals surface area contributed by atoms with E-state index in [0.29, 0.717) is 25.3 Å². The van der Waals surface area contributed by atoms with Crippen LogP contribution in [0.15, 0.2) is 36.4 Å². The lowest BCUT2D eigenvalue weighted by molar-refractivity contribution is -0.274. The van der Waals surface area contributed by atoms with Crippen LogP contribution in [-0.2, 0) is 11.3 Å². The average molecular weight is 289 g/mol. The molecule has 1 aromatic rings. The van der Waals surface area contributed by atoms with Crippen LogP contribution >= 0.6 is 0 Å². The average Bonchev–Trinajstić information content (AvgIpc) is 2.33. The van der Waals surface area contributed by atoms with Gasteiger partial charge in [0.15, 0.2) is 0 Å². The number of nitrogens with one attached hydrogen (secondary N) is 1. The van der Waals surface area contributed by atoms with Gasteiger partial charge in [-0.1, -0.05) is 30.4 Å². The van der Waals surface area contributed by atoms with Crippen LogP contribution in [0.3, 0.4) is 0 Å². The zero-order valence-corrected chi connectivity index (χ0v) is 11.3. The summed E-state index contributed by atoms with van der Waals surface area (Å²) in [6, 6.07) is 6.04. The standard InChI is InChI=1S/C14H18F3NO2/c1-11(2)10-19-8-7-18-9-12-5-3-4-6-13(12)20-14(15,16)17/h3-6,18H,1,7-10H2,2H3. The van der Waals surface area contributed by atoms with Gasteiger partial charge >= 0.3 is 6.36 Å². The van der Waals surface area contributed by atoms with Crippen LogP contribution < -0.4 is 10.1 Å². The quantitative estimate of drug-likeness (QED) is 0.588. The second-order valence-electron chi connectivity index (χ2n) is 4.34. The molecule has 6 heteroatoms. The Bertz CT molecular complexity index is 433. The molecule has 0 saturated heterocycles. The molecule has 3 nitrogen and oxygen atoms in total. The molecule has 0 radical (unpaired) electrons. The van der Waals surface area contributed by atoms with Gasteiger partial charge in [0.05, 0.1) is 13.2 Å². The van der Waals surface area contributed by atoms with E-state index < -0.39 is 6.36 Å². The minimum atomic E-state index is -4.68. The minimum Gasteiger partial charge on any atom is -0.405 e. The van der Waals surface area contributed by atoms with Crippen LogP contribution in [0.25, 0.3) is 0 Å². The molecule has 0 unspecified atom stereocenters. The van der Waals surface area contributed by atoms with Crippen molar-refractivity contribution < 1.29 is 22.6 Å². The third-order valence-corrected chi connectivity index (χ3v) is 2.29. The molecule has 0 bridgehead atoms. The summed E-state index contributed by atoms with van der Waals surface area (Å²) < 4.78 is 45.9. The molecule has 1 N–H and O–H groups in total. The van der Waals surface area contributed by atoms with Crippen molar-refractivity contribution in [1.82, 2.24) is 5.32 Å². The van der Waals surface area contributed by atoms with Crippen LogP contribution in [0.1, 0.15) is 12.5 Å². The highest BCUT2D eigenvalue weighted by atomic mass is 19.4. The number of hydrogen-bond donors (Lipinski definition) is 1. The first-order chi connectivity index (χ1) is 9.38. The molecule has 0 spiro atoms. The Morgan fingerprint density at radius 1 is 1.30 bits per heavy atom. The molecule has 0 saturated carbocycles. The van der Waals surface area contributed by atoms with Gasteiger partial charge in [0.1, 0.15) is 5.75 Å². The molecular weight excluding hydrogens is 271 g/mol. The largest absolute Gasteiger partial charge is 0.573 e. The summed E-state index contributed by atoms with van der Waals surface area (Å²) in [7, 11) is 0. The maximum absolute atomic E-state index is 12.2. The Labute approximate surface area is 116 Å². The van der Waals surface area contributed by atoms with Gasteiger partial charge < -0.3 is 14.8 Å². The summed E-state index contributed by atoms with van der Waals surface area (Å²) in [6.07, 6.45) is -4.68. The molecule has 0 amide bonds. The van der Waals surface area contributed by atoms with Gasteiger partial charge in [-0.05, 0) is 13.0 Å². The van der Waals surface area contributed by atoms with Crippen LogP contribution in [0.2, 0.25) is 0 Å². The molecule has 0 aliphatic rings. The van der Waals surface area contributed by atoms with Crippen LogP contribution in [0, 0.1) is 0 Å². The molecule has 0 atom stereocenters. The number of para-hydroxylation sites is 1. The van der Waals surface area contributed by atoms with E-state index in [-0.39, 0.29) is 12.3 Å². The SMILES string of the molecule is C=C(C)COCCNCc1ccccc1OC(F)(F)F. The normalized spacial score (nSPS) is 11.4. The predicted octanol–water partition coefficient (Wildman–Crippen LogP) is 3.27. The molecule has 1 aromatic carbocycles. The first-order valence-electron chi connectivity index (χ1n) is 6.15. The zero-order valence-electron chi connectivity index (χ0n) is 11.3. The van der Waals surface area contributed by atoms with E-state index in [0.717, 1.165) is 5.57 Å². The van der Waals surface area contributed by atoms with Crippen molar-refractivity contribution in [2.24, 2.45) is 0 Å². The van der Waals surface area contributed by atoms with Gasteiger partial charge in [-0.3, -0.25) is 0 Å². The van der Waals surface area contributed by atoms with Crippen molar-refractivity contribution in [1.29, 1.82) is 0 Å². The van der Waals surface area contributed by atoms with Crippen LogP contribution in [-0.4, -0.2) is 26.1 Å². The summed E-state index contributed by atoms with van der Waals surface area (Å²) in [5.74, 6) is -0.185. The number of hydrogen-bond acceptors (Lipinski definition) is 3. The van der Waals surface area contributed by atoms with Gasteiger partial charge in [0.2, 0.25) is 0 Å². The number of rotatable bonds is 8. The maximum atomic E-state index is 12.2. The van der Waals surface area contributed by atoms with Gasteiger partial charge in [0.25, 0.3) is 0 Å². The van der Waals surface area contributed by atoms with Gasteiger partial charge in [-0.25, -0.2) is 0 Å². The highest BCUT2D eigenvalue weighted by Crippen LogP contribution is 2.25. The summed E-state index contributed by atoms with van der Waals surface area (Å²) >= 11 is 0. The Balaban J connectivity index is 2.38. The van der Waals surface area contributed by atoms with Crippen molar-refractivity contribution in [2.75, 3.05) is 19.8 Å². The lowest BCUT2D eigenvalue weighted by atomic mass is 10.2. The van der Waals surface area contributed by atoms with E-state index in [2.05, 4.69) is 16.6 Å². The summed E-state index contributed by atoms with van der Waals surface area (Å²) in [4.78, 5) is 0. The fourth-order valence-corrected chi connectivity index (χ4v) is 1.49. The fraction of sp³-hybridized carbons (Fsp3) is 0.429. The molecule has 0 heterocycles. The Morgan fingerprint density at radius 2 is 2.00 bits per heavy atom. The fourth-order valence-electron chi connectivity index (χ4n) is 1.49. The van der Waals surface area contributed by atoms with Crippen molar-refractivity contribution in [2.45, 2.75) is 19.8 Å². The monoisotopic (exact) mass is 289 g/mol. The second kappa shape index (κ2) is 7.91. The van der Waals surface area contributed by atoms with E-state index in [4.69, 9.17) is 4.74 Å². The van der Waals surface area contributed by atoms with E-state index >= 15 is 0 Å². The predicted molar refractivity (Wildman–Crippen MR) is 70.5 cm³/mol. The van der Waals surface area contributed by atoms with Crippen LogP contribution in [0.5, 0.6) is 5.75 Å². The molecule has 0 aliphatic heterocycles. The smallest absolute Gasteiger partial charge is 0.405 e. The summed E-state index contributed by atoms with van der Waals surface area (Å²) in [6.45, 7) is 7.32. The van der Waals surface area contributed by atoms with Crippen molar-refractivity contribution >= 4 is 0 Å². The number of ether oxygens (including phenoxy) is 2. The highest BCUT2D eigenvalue weighted by Gasteiger charge is 2.31. The maximum Gasteiger partial charge on any atom is 0.573 e. The first kappa shape index (κ1) is 16.5. The van der Waals surface area contributed by atoms with Crippen LogP contribution in [0.4, 0.5) is 13.2 Å². The lowest BCUT2D eigenvalue weighted by Gasteiger charge is -2.13. The lowest BCUT2D eigenvalue weighted by Crippen LogP contribution is -2.22. The van der Waals surface area contributed by atoms with E-state index in [9.17, 15) is 13.2 Å².